The molecule has 232 valence electrons. The van der Waals surface area contributed by atoms with Gasteiger partial charge in [-0.05, 0) is 79.7 Å². The van der Waals surface area contributed by atoms with Crippen LogP contribution in [0.5, 0.6) is 5.75 Å². The molecule has 0 unspecified atom stereocenters. The van der Waals surface area contributed by atoms with E-state index >= 15 is 0 Å². The summed E-state index contributed by atoms with van der Waals surface area (Å²) in [6.45, 7) is 13.9. The van der Waals surface area contributed by atoms with Gasteiger partial charge in [-0.15, -0.1) is 23.8 Å². The number of phenols is 1. The first-order valence-corrected chi connectivity index (χ1v) is 15.7. The molecule has 0 atom stereocenters. The van der Waals surface area contributed by atoms with Crippen LogP contribution in [0.2, 0.25) is 0 Å². The van der Waals surface area contributed by atoms with Crippen LogP contribution in [0, 0.1) is 6.07 Å². The predicted molar refractivity (Wildman–Crippen MR) is 184 cm³/mol. The van der Waals surface area contributed by atoms with Gasteiger partial charge in [-0.2, -0.15) is 0 Å². The molecule has 1 aliphatic heterocycles. The molecule has 46 heavy (non-hydrogen) atoms. The second-order valence-electron chi connectivity index (χ2n) is 14.0. The van der Waals surface area contributed by atoms with Crippen molar-refractivity contribution in [1.82, 2.24) is 9.97 Å². The third-order valence-electron chi connectivity index (χ3n) is 10.8. The molecule has 1 N–H and O–H groups in total. The van der Waals surface area contributed by atoms with Gasteiger partial charge in [-0.25, -0.2) is 4.98 Å². The van der Waals surface area contributed by atoms with E-state index in [9.17, 15) is 5.11 Å². The average Bonchev–Trinajstić information content (AvgIpc) is 3.04. The quantitative estimate of drug-likeness (QED) is 0.178. The van der Waals surface area contributed by atoms with Crippen molar-refractivity contribution in [3.05, 3.63) is 132 Å². The zero-order chi connectivity index (χ0) is 31.3. The minimum Gasteiger partial charge on any atom is -0.506 e. The van der Waals surface area contributed by atoms with E-state index in [1.807, 2.05) is 24.4 Å². The summed E-state index contributed by atoms with van der Waals surface area (Å²) in [6, 6.07) is 37.4. The Labute approximate surface area is 285 Å². The normalized spacial score (nSPS) is 16.4. The Kier molecular flexibility index (Phi) is 6.85. The first-order chi connectivity index (χ1) is 21.5. The van der Waals surface area contributed by atoms with E-state index in [0.29, 0.717) is 5.52 Å². The Morgan fingerprint density at radius 1 is 0.696 bits per heavy atom. The van der Waals surface area contributed by atoms with E-state index < -0.39 is 0 Å². The molecule has 0 bridgehead atoms. The molecule has 0 radical (unpaired) electrons. The molecule has 0 amide bonds. The van der Waals surface area contributed by atoms with Gasteiger partial charge in [0.2, 0.25) is 0 Å². The fourth-order valence-corrected chi connectivity index (χ4v) is 7.74. The van der Waals surface area contributed by atoms with Crippen LogP contribution in [0.25, 0.3) is 33.3 Å². The predicted octanol–water partition coefficient (Wildman–Crippen LogP) is 10.1. The van der Waals surface area contributed by atoms with Gasteiger partial charge in [0.05, 0.1) is 0 Å². The number of pyridine rings is 2. The molecule has 0 saturated heterocycles. The Hall–Kier alpha value is -4.27. The molecule has 8 rings (SSSR count). The molecule has 2 aliphatic rings. The van der Waals surface area contributed by atoms with Crippen LogP contribution in [0.4, 0.5) is 17.2 Å². The summed E-state index contributed by atoms with van der Waals surface area (Å²) in [6.07, 6.45) is 1.84. The third kappa shape index (κ3) is 4.02. The first kappa shape index (κ1) is 30.4. The van der Waals surface area contributed by atoms with Crippen molar-refractivity contribution in [2.24, 2.45) is 0 Å². The van der Waals surface area contributed by atoms with Crippen LogP contribution in [0.1, 0.15) is 63.8 Å². The molecule has 0 saturated carbocycles. The van der Waals surface area contributed by atoms with Gasteiger partial charge in [0.1, 0.15) is 17.1 Å². The van der Waals surface area contributed by atoms with Gasteiger partial charge in [0.15, 0.2) is 0 Å². The molecule has 5 heteroatoms. The van der Waals surface area contributed by atoms with Crippen LogP contribution >= 0.6 is 0 Å². The van der Waals surface area contributed by atoms with E-state index in [4.69, 9.17) is 9.97 Å². The molecule has 3 heterocycles. The summed E-state index contributed by atoms with van der Waals surface area (Å²) in [5.74, 6) is 1.02. The summed E-state index contributed by atoms with van der Waals surface area (Å²) in [5.41, 5.74) is 10.9. The maximum Gasteiger partial charge on any atom is 0.140 e. The third-order valence-corrected chi connectivity index (χ3v) is 10.8. The number of hydrogen-bond donors (Lipinski definition) is 1. The van der Waals surface area contributed by atoms with Gasteiger partial charge in [-0.1, -0.05) is 108 Å². The van der Waals surface area contributed by atoms with Crippen molar-refractivity contribution in [2.75, 3.05) is 4.90 Å². The molecule has 4 aromatic carbocycles. The zero-order valence-corrected chi connectivity index (χ0v) is 29.2. The van der Waals surface area contributed by atoms with Crippen molar-refractivity contribution < 1.29 is 26.2 Å². The number of rotatable bonds is 2. The number of phenolic OH excluding ortho intramolecular Hbond substituents is 1. The fraction of sp³-hybridized carbons (Fsp3) is 0.220. The molecule has 1 aliphatic carbocycles. The van der Waals surface area contributed by atoms with Gasteiger partial charge in [-0.3, -0.25) is 4.98 Å². The van der Waals surface area contributed by atoms with Crippen LogP contribution in [-0.4, -0.2) is 15.1 Å². The van der Waals surface area contributed by atoms with Crippen molar-refractivity contribution in [1.29, 1.82) is 0 Å². The minimum absolute atomic E-state index is 0. The number of para-hydroxylation sites is 2. The Morgan fingerprint density at radius 2 is 1.41 bits per heavy atom. The molecular weight excluding hydrogens is 746 g/mol. The SMILES string of the molecule is CC1(C)c2ccc(-c3nc4c(O)cccc4c4c3C(C)(C)C(C)(C)c3ccccc3-4)[c-]c2N(c2ccccn2)c2ccccc21.[Pt]. The minimum atomic E-state index is -0.297. The maximum atomic E-state index is 11.2. The topological polar surface area (TPSA) is 49.3 Å². The molecule has 4 nitrogen and oxygen atoms in total. The number of benzene rings is 4. The van der Waals surface area contributed by atoms with Gasteiger partial charge in [0, 0.05) is 38.3 Å². The number of aromatic hydroxyl groups is 1. The number of anilines is 3. The first-order valence-electron chi connectivity index (χ1n) is 15.7. The molecular formula is C41H36N3OPt-. The number of hydrogen-bond acceptors (Lipinski definition) is 4. The molecule has 2 aromatic heterocycles. The van der Waals surface area contributed by atoms with Gasteiger partial charge < -0.3 is 10.0 Å². The van der Waals surface area contributed by atoms with E-state index in [2.05, 4.69) is 125 Å². The number of aromatic nitrogens is 2. The summed E-state index contributed by atoms with van der Waals surface area (Å²) >= 11 is 0. The van der Waals surface area contributed by atoms with Crippen molar-refractivity contribution in [2.45, 2.75) is 57.8 Å². The molecule has 6 aromatic rings. The van der Waals surface area contributed by atoms with E-state index in [1.54, 1.807) is 6.07 Å². The van der Waals surface area contributed by atoms with E-state index in [1.165, 1.54) is 27.8 Å². The number of fused-ring (bicyclic) bond motifs is 7. The molecule has 0 fully saturated rings. The van der Waals surface area contributed by atoms with E-state index in [0.717, 1.165) is 39.4 Å². The van der Waals surface area contributed by atoms with Crippen molar-refractivity contribution >= 4 is 28.1 Å². The Bertz CT molecular complexity index is 2170. The van der Waals surface area contributed by atoms with Gasteiger partial charge in [0.25, 0.3) is 0 Å². The summed E-state index contributed by atoms with van der Waals surface area (Å²) in [5, 5.41) is 12.2. The summed E-state index contributed by atoms with van der Waals surface area (Å²) < 4.78 is 0. The Balaban J connectivity index is 0.00000338. The standard InChI is InChI=1S/C41H36N3O.Pt/c1-39(2)29-17-9-10-18-31(29)44(34-20-11-12-23-42-34)32-24-25(21-22-30(32)39)37-36-35(27-15-13-19-33(45)38(27)43-37)26-14-7-8-16-28(26)40(3,4)41(36,5)6;/h7-23,45H,1-6H3;/q-1;. The summed E-state index contributed by atoms with van der Waals surface area (Å²) in [7, 11) is 0. The zero-order valence-electron chi connectivity index (χ0n) is 26.9. The van der Waals surface area contributed by atoms with E-state index in [-0.39, 0.29) is 43.1 Å². The summed E-state index contributed by atoms with van der Waals surface area (Å²) in [4.78, 5) is 12.3. The second kappa shape index (κ2) is 10.4. The number of nitrogens with zero attached hydrogens (tertiary/aromatic N) is 3. The van der Waals surface area contributed by atoms with Crippen molar-refractivity contribution in [3.63, 3.8) is 0 Å². The largest absolute Gasteiger partial charge is 0.506 e. The van der Waals surface area contributed by atoms with Crippen LogP contribution in [0.15, 0.2) is 103 Å². The van der Waals surface area contributed by atoms with Gasteiger partial charge >= 0.3 is 0 Å². The van der Waals surface area contributed by atoms with Crippen LogP contribution in [-0.2, 0) is 37.3 Å². The Morgan fingerprint density at radius 3 is 2.17 bits per heavy atom. The van der Waals surface area contributed by atoms with Crippen molar-refractivity contribution in [3.8, 4) is 28.1 Å². The molecule has 0 spiro atoms. The average molecular weight is 782 g/mol. The van der Waals surface area contributed by atoms with Crippen LogP contribution < -0.4 is 4.90 Å². The smallest absolute Gasteiger partial charge is 0.140 e. The fourth-order valence-electron chi connectivity index (χ4n) is 7.74. The maximum absolute atomic E-state index is 11.2. The second-order valence-corrected chi connectivity index (χ2v) is 14.0. The monoisotopic (exact) mass is 781 g/mol. The van der Waals surface area contributed by atoms with Crippen LogP contribution in [0.3, 0.4) is 0 Å².